The number of benzene rings is 1. The molecule has 4 nitrogen and oxygen atoms in total. The Hall–Kier alpha value is -1.39. The molecule has 1 aromatic carbocycles. The molecule has 2 saturated heterocycles. The van der Waals surface area contributed by atoms with Gasteiger partial charge < -0.3 is 9.80 Å². The number of piperidine rings is 1. The Balaban J connectivity index is 1.47. The van der Waals surface area contributed by atoms with Crippen molar-refractivity contribution < 1.29 is 4.79 Å². The summed E-state index contributed by atoms with van der Waals surface area (Å²) >= 11 is 0. The fourth-order valence-corrected chi connectivity index (χ4v) is 4.26. The van der Waals surface area contributed by atoms with Crippen LogP contribution in [0, 0.1) is 12.8 Å². The highest BCUT2D eigenvalue weighted by Gasteiger charge is 2.29. The first-order valence-electron chi connectivity index (χ1n) is 9.80. The molecule has 2 aliphatic rings. The number of carbonyl (C=O) groups excluding carboxylic acids is 1. The van der Waals surface area contributed by atoms with E-state index in [2.05, 4.69) is 59.9 Å². The van der Waals surface area contributed by atoms with E-state index in [-0.39, 0.29) is 5.92 Å². The first-order valence-corrected chi connectivity index (χ1v) is 9.80. The summed E-state index contributed by atoms with van der Waals surface area (Å²) in [6, 6.07) is 9.25. The summed E-state index contributed by atoms with van der Waals surface area (Å²) in [5, 5.41) is 0. The lowest BCUT2D eigenvalue weighted by Gasteiger charge is -2.42. The molecule has 2 fully saturated rings. The van der Waals surface area contributed by atoms with Gasteiger partial charge in [0.25, 0.3) is 0 Å². The molecule has 4 heteroatoms. The molecule has 0 aromatic heterocycles. The minimum Gasteiger partial charge on any atom is -0.340 e. The summed E-state index contributed by atoms with van der Waals surface area (Å²) in [6.07, 6.45) is 3.39. The van der Waals surface area contributed by atoms with Crippen LogP contribution in [0.5, 0.6) is 0 Å². The number of aryl methyl sites for hydroxylation is 1. The smallest absolute Gasteiger partial charge is 0.225 e. The third-order valence-electron chi connectivity index (χ3n) is 5.88. The number of hydrogen-bond donors (Lipinski definition) is 0. The molecule has 0 bridgehead atoms. The van der Waals surface area contributed by atoms with Gasteiger partial charge in [0.15, 0.2) is 0 Å². The highest BCUT2D eigenvalue weighted by Crippen LogP contribution is 2.19. The van der Waals surface area contributed by atoms with E-state index in [9.17, 15) is 4.79 Å². The van der Waals surface area contributed by atoms with Crippen molar-refractivity contribution >= 4 is 5.91 Å². The SMILES string of the molecule is Cc1cccc(C[C@@H](C)C(=O)N2CCN(C3CCN(C)CC3)CC2)c1. The predicted octanol–water partition coefficient (Wildman–Crippen LogP) is 2.41. The highest BCUT2D eigenvalue weighted by atomic mass is 16.2. The van der Waals surface area contributed by atoms with E-state index >= 15 is 0 Å². The second kappa shape index (κ2) is 8.33. The normalized spacial score (nSPS) is 22.1. The number of hydrogen-bond acceptors (Lipinski definition) is 3. The number of likely N-dealkylation sites (tertiary alicyclic amines) is 1. The predicted molar refractivity (Wildman–Crippen MR) is 103 cm³/mol. The molecule has 0 spiro atoms. The van der Waals surface area contributed by atoms with Crippen LogP contribution in [0.4, 0.5) is 0 Å². The van der Waals surface area contributed by atoms with Crippen molar-refractivity contribution in [3.8, 4) is 0 Å². The van der Waals surface area contributed by atoms with Crippen LogP contribution in [0.3, 0.4) is 0 Å². The first-order chi connectivity index (χ1) is 12.0. The van der Waals surface area contributed by atoms with Crippen molar-refractivity contribution in [2.75, 3.05) is 46.3 Å². The second-order valence-electron chi connectivity index (χ2n) is 7.99. The third kappa shape index (κ3) is 4.83. The van der Waals surface area contributed by atoms with E-state index in [1.807, 2.05) is 0 Å². The fraction of sp³-hybridized carbons (Fsp3) is 0.667. The van der Waals surface area contributed by atoms with Gasteiger partial charge >= 0.3 is 0 Å². The molecule has 1 amide bonds. The average molecular weight is 344 g/mol. The molecule has 2 heterocycles. The Bertz CT molecular complexity index is 572. The third-order valence-corrected chi connectivity index (χ3v) is 5.88. The number of nitrogens with zero attached hydrogens (tertiary/aromatic N) is 3. The van der Waals surface area contributed by atoms with Crippen LogP contribution < -0.4 is 0 Å². The first kappa shape index (κ1) is 18.4. The Kier molecular flexibility index (Phi) is 6.13. The molecular formula is C21H33N3O. The van der Waals surface area contributed by atoms with Crippen LogP contribution in [-0.2, 0) is 11.2 Å². The quantitative estimate of drug-likeness (QED) is 0.840. The second-order valence-corrected chi connectivity index (χ2v) is 7.99. The monoisotopic (exact) mass is 343 g/mol. The van der Waals surface area contributed by atoms with Gasteiger partial charge in [-0.3, -0.25) is 9.69 Å². The lowest BCUT2D eigenvalue weighted by molar-refractivity contribution is -0.137. The summed E-state index contributed by atoms with van der Waals surface area (Å²) in [5.41, 5.74) is 2.54. The van der Waals surface area contributed by atoms with Gasteiger partial charge in [0, 0.05) is 38.1 Å². The highest BCUT2D eigenvalue weighted by molar-refractivity contribution is 5.79. The van der Waals surface area contributed by atoms with Crippen molar-refractivity contribution in [2.24, 2.45) is 5.92 Å². The van der Waals surface area contributed by atoms with Crippen molar-refractivity contribution in [2.45, 2.75) is 39.2 Å². The Morgan fingerprint density at radius 2 is 1.80 bits per heavy atom. The summed E-state index contributed by atoms with van der Waals surface area (Å²) in [6.45, 7) is 10.5. The molecule has 1 aromatic rings. The standard InChI is InChI=1S/C21H33N3O/c1-17-5-4-6-19(15-17)16-18(2)21(25)24-13-11-23(12-14-24)20-7-9-22(3)10-8-20/h4-6,15,18,20H,7-14,16H2,1-3H3/t18-/m1/s1. The fourth-order valence-electron chi connectivity index (χ4n) is 4.26. The van der Waals surface area contributed by atoms with E-state index in [1.165, 1.54) is 37.1 Å². The zero-order valence-corrected chi connectivity index (χ0v) is 16.1. The minimum atomic E-state index is 0.0664. The summed E-state index contributed by atoms with van der Waals surface area (Å²) in [7, 11) is 2.21. The van der Waals surface area contributed by atoms with Crippen molar-refractivity contribution in [1.29, 1.82) is 0 Å². The Morgan fingerprint density at radius 3 is 2.44 bits per heavy atom. The minimum absolute atomic E-state index is 0.0664. The van der Waals surface area contributed by atoms with E-state index < -0.39 is 0 Å². The molecule has 0 N–H and O–H groups in total. The molecule has 25 heavy (non-hydrogen) atoms. The molecule has 138 valence electrons. The van der Waals surface area contributed by atoms with E-state index in [0.29, 0.717) is 5.91 Å². The van der Waals surface area contributed by atoms with E-state index in [0.717, 1.165) is 38.6 Å². The van der Waals surface area contributed by atoms with Gasteiger partial charge in [-0.1, -0.05) is 36.8 Å². The zero-order chi connectivity index (χ0) is 17.8. The largest absolute Gasteiger partial charge is 0.340 e. The molecule has 3 rings (SSSR count). The van der Waals surface area contributed by atoms with Crippen LogP contribution in [0.1, 0.15) is 30.9 Å². The van der Waals surface area contributed by atoms with Gasteiger partial charge in [0.05, 0.1) is 0 Å². The van der Waals surface area contributed by atoms with Crippen LogP contribution in [0.2, 0.25) is 0 Å². The Morgan fingerprint density at radius 1 is 1.12 bits per heavy atom. The summed E-state index contributed by atoms with van der Waals surface area (Å²) in [4.78, 5) is 19.9. The average Bonchev–Trinajstić information content (AvgIpc) is 2.62. The van der Waals surface area contributed by atoms with Gasteiger partial charge in [-0.15, -0.1) is 0 Å². The van der Waals surface area contributed by atoms with Crippen LogP contribution in [0.15, 0.2) is 24.3 Å². The van der Waals surface area contributed by atoms with Gasteiger partial charge in [0.1, 0.15) is 0 Å². The van der Waals surface area contributed by atoms with E-state index in [1.54, 1.807) is 0 Å². The van der Waals surface area contributed by atoms with Crippen LogP contribution in [-0.4, -0.2) is 73.0 Å². The van der Waals surface area contributed by atoms with Crippen LogP contribution >= 0.6 is 0 Å². The lowest BCUT2D eigenvalue weighted by Crippen LogP contribution is -2.54. The van der Waals surface area contributed by atoms with Gasteiger partial charge in [-0.05, 0) is 51.9 Å². The summed E-state index contributed by atoms with van der Waals surface area (Å²) < 4.78 is 0. The summed E-state index contributed by atoms with van der Waals surface area (Å²) in [5.74, 6) is 0.390. The topological polar surface area (TPSA) is 26.8 Å². The molecular weight excluding hydrogens is 310 g/mol. The van der Waals surface area contributed by atoms with Crippen molar-refractivity contribution in [3.63, 3.8) is 0 Å². The molecule has 2 aliphatic heterocycles. The maximum atomic E-state index is 12.8. The zero-order valence-electron chi connectivity index (χ0n) is 16.1. The maximum Gasteiger partial charge on any atom is 0.225 e. The Labute approximate surface area is 152 Å². The van der Waals surface area contributed by atoms with Crippen LogP contribution in [0.25, 0.3) is 0 Å². The maximum absolute atomic E-state index is 12.8. The molecule has 0 radical (unpaired) electrons. The van der Waals surface area contributed by atoms with Gasteiger partial charge in [-0.25, -0.2) is 0 Å². The molecule has 0 saturated carbocycles. The van der Waals surface area contributed by atoms with Gasteiger partial charge in [0.2, 0.25) is 5.91 Å². The lowest BCUT2D eigenvalue weighted by atomic mass is 9.98. The number of rotatable bonds is 4. The number of piperazine rings is 1. The van der Waals surface area contributed by atoms with Gasteiger partial charge in [-0.2, -0.15) is 0 Å². The number of amides is 1. The molecule has 0 aliphatic carbocycles. The molecule has 1 atom stereocenters. The van der Waals surface area contributed by atoms with Crippen molar-refractivity contribution in [1.82, 2.24) is 14.7 Å². The number of carbonyl (C=O) groups is 1. The molecule has 0 unspecified atom stereocenters. The van der Waals surface area contributed by atoms with Crippen molar-refractivity contribution in [3.05, 3.63) is 35.4 Å². The van der Waals surface area contributed by atoms with E-state index in [4.69, 9.17) is 0 Å².